The van der Waals surface area contributed by atoms with Crippen molar-refractivity contribution in [3.05, 3.63) is 28.3 Å². The predicted molar refractivity (Wildman–Crippen MR) is 86.9 cm³/mol. The van der Waals surface area contributed by atoms with E-state index in [9.17, 15) is 18.5 Å². The normalized spacial score (nSPS) is 22.8. The zero-order valence-corrected chi connectivity index (χ0v) is 14.6. The first-order valence-electron chi connectivity index (χ1n) is 8.02. The Labute approximate surface area is 145 Å². The fraction of sp³-hybridized carbons (Fsp3) is 0.600. The van der Waals surface area contributed by atoms with Gasteiger partial charge in [0.25, 0.3) is 5.69 Å². The lowest BCUT2D eigenvalue weighted by molar-refractivity contribution is -0.385. The molecule has 9 nitrogen and oxygen atoms in total. The molecular formula is C15H20N2O7S. The summed E-state index contributed by atoms with van der Waals surface area (Å²) in [4.78, 5) is 10.2. The van der Waals surface area contributed by atoms with Gasteiger partial charge >= 0.3 is 0 Å². The Morgan fingerprint density at radius 1 is 1.28 bits per heavy atom. The number of benzene rings is 1. The van der Waals surface area contributed by atoms with Crippen molar-refractivity contribution in [2.75, 3.05) is 26.9 Å². The smallest absolute Gasteiger partial charge is 0.271 e. The van der Waals surface area contributed by atoms with Crippen LogP contribution in [0.2, 0.25) is 0 Å². The first-order chi connectivity index (χ1) is 11.9. The summed E-state index contributed by atoms with van der Waals surface area (Å²) in [5.41, 5.74) is -0.304. The highest BCUT2D eigenvalue weighted by Gasteiger charge is 2.41. The zero-order chi connectivity index (χ0) is 18.0. The minimum absolute atomic E-state index is 0.0724. The number of hydrogen-bond donors (Lipinski definition) is 0. The van der Waals surface area contributed by atoms with Crippen LogP contribution in [-0.2, 0) is 19.5 Å². The maximum Gasteiger partial charge on any atom is 0.271 e. The molecule has 2 aliphatic heterocycles. The van der Waals surface area contributed by atoms with Crippen LogP contribution < -0.4 is 4.74 Å². The van der Waals surface area contributed by atoms with E-state index in [2.05, 4.69) is 0 Å². The highest BCUT2D eigenvalue weighted by atomic mass is 32.2. The molecule has 0 N–H and O–H groups in total. The summed E-state index contributed by atoms with van der Waals surface area (Å²) in [6.07, 6.45) is 1.58. The van der Waals surface area contributed by atoms with Crippen LogP contribution in [0.25, 0.3) is 0 Å². The lowest BCUT2D eigenvalue weighted by Crippen LogP contribution is -2.50. The Balaban J connectivity index is 2.01. The van der Waals surface area contributed by atoms with Crippen molar-refractivity contribution in [1.82, 2.24) is 4.31 Å². The van der Waals surface area contributed by atoms with Gasteiger partial charge in [0.2, 0.25) is 10.0 Å². The molecule has 2 heterocycles. The molecule has 2 saturated heterocycles. The lowest BCUT2D eigenvalue weighted by atomic mass is 10.0. The Hall–Kier alpha value is -1.75. The van der Waals surface area contributed by atoms with Gasteiger partial charge in [-0.05, 0) is 18.9 Å². The van der Waals surface area contributed by atoms with E-state index in [1.807, 2.05) is 0 Å². The van der Waals surface area contributed by atoms with Gasteiger partial charge in [0.15, 0.2) is 6.29 Å². The maximum absolute atomic E-state index is 13.2. The third-order valence-electron chi connectivity index (χ3n) is 4.40. The highest BCUT2D eigenvalue weighted by molar-refractivity contribution is 7.89. The molecule has 0 unspecified atom stereocenters. The topological polar surface area (TPSA) is 108 Å². The second kappa shape index (κ2) is 7.24. The van der Waals surface area contributed by atoms with Crippen molar-refractivity contribution < 1.29 is 27.6 Å². The number of nitro groups is 1. The number of sulfonamides is 1. The van der Waals surface area contributed by atoms with E-state index < -0.39 is 27.3 Å². The molecular weight excluding hydrogens is 352 g/mol. The molecule has 0 radical (unpaired) electrons. The molecule has 2 aliphatic rings. The third-order valence-corrected chi connectivity index (χ3v) is 6.35. The maximum atomic E-state index is 13.2. The van der Waals surface area contributed by atoms with Crippen LogP contribution in [0.3, 0.4) is 0 Å². The van der Waals surface area contributed by atoms with Crippen molar-refractivity contribution in [1.29, 1.82) is 0 Å². The van der Waals surface area contributed by atoms with Crippen LogP contribution in [0.1, 0.15) is 19.3 Å². The molecule has 0 saturated carbocycles. The van der Waals surface area contributed by atoms with Crippen LogP contribution in [-0.4, -0.2) is 56.8 Å². The summed E-state index contributed by atoms with van der Waals surface area (Å²) >= 11 is 0. The van der Waals surface area contributed by atoms with E-state index in [4.69, 9.17) is 14.2 Å². The van der Waals surface area contributed by atoms with Crippen molar-refractivity contribution >= 4 is 15.7 Å². The average Bonchev–Trinajstić information content (AvgIpc) is 3.15. The quantitative estimate of drug-likeness (QED) is 0.569. The molecule has 1 atom stereocenters. The van der Waals surface area contributed by atoms with E-state index in [1.165, 1.54) is 23.5 Å². The van der Waals surface area contributed by atoms with E-state index in [1.54, 1.807) is 0 Å². The molecule has 0 aliphatic carbocycles. The van der Waals surface area contributed by atoms with Crippen LogP contribution in [0.4, 0.5) is 5.69 Å². The van der Waals surface area contributed by atoms with Crippen LogP contribution in [0.5, 0.6) is 5.75 Å². The minimum atomic E-state index is -4.00. The third kappa shape index (κ3) is 3.47. The number of ether oxygens (including phenoxy) is 3. The van der Waals surface area contributed by atoms with Gasteiger partial charge in [-0.15, -0.1) is 0 Å². The number of rotatable bonds is 5. The van der Waals surface area contributed by atoms with Crippen LogP contribution in [0.15, 0.2) is 23.1 Å². The largest absolute Gasteiger partial charge is 0.495 e. The summed E-state index contributed by atoms with van der Waals surface area (Å²) < 4.78 is 43.9. The second-order valence-corrected chi connectivity index (χ2v) is 7.74. The summed E-state index contributed by atoms with van der Waals surface area (Å²) in [7, 11) is -2.67. The van der Waals surface area contributed by atoms with Gasteiger partial charge in [-0.2, -0.15) is 4.31 Å². The van der Waals surface area contributed by atoms with E-state index >= 15 is 0 Å². The van der Waals surface area contributed by atoms with Gasteiger partial charge in [-0.3, -0.25) is 10.1 Å². The fourth-order valence-electron chi connectivity index (χ4n) is 3.21. The van der Waals surface area contributed by atoms with Crippen molar-refractivity contribution in [2.45, 2.75) is 36.5 Å². The van der Waals surface area contributed by atoms with Crippen molar-refractivity contribution in [2.24, 2.45) is 0 Å². The lowest BCUT2D eigenvalue weighted by Gasteiger charge is -2.37. The molecule has 2 fully saturated rings. The van der Waals surface area contributed by atoms with E-state index in [0.29, 0.717) is 32.6 Å². The standard InChI is InChI=1S/C15H20N2O7S/c1-22-13-6-5-11(17(18)19)10-14(13)25(20,21)16-7-3-2-4-12(16)15-23-8-9-24-15/h5-6,10,12,15H,2-4,7-9H2,1H3/t12-/m1/s1. The molecule has 1 aromatic rings. The fourth-order valence-corrected chi connectivity index (χ4v) is 5.07. The second-order valence-electron chi connectivity index (χ2n) is 5.88. The Morgan fingerprint density at radius 2 is 2.00 bits per heavy atom. The van der Waals surface area contributed by atoms with Crippen molar-refractivity contribution in [3.8, 4) is 5.75 Å². The number of non-ortho nitro benzene ring substituents is 1. The van der Waals surface area contributed by atoms with Gasteiger partial charge in [0.1, 0.15) is 10.6 Å². The van der Waals surface area contributed by atoms with Gasteiger partial charge in [-0.25, -0.2) is 8.42 Å². The Morgan fingerprint density at radius 3 is 2.64 bits per heavy atom. The molecule has 25 heavy (non-hydrogen) atoms. The first kappa shape index (κ1) is 18.1. The van der Waals surface area contributed by atoms with Crippen LogP contribution in [0, 0.1) is 10.1 Å². The van der Waals surface area contributed by atoms with Crippen LogP contribution >= 0.6 is 0 Å². The Kier molecular flexibility index (Phi) is 5.23. The average molecular weight is 372 g/mol. The highest BCUT2D eigenvalue weighted by Crippen LogP contribution is 2.35. The zero-order valence-electron chi connectivity index (χ0n) is 13.8. The molecule has 0 aromatic heterocycles. The van der Waals surface area contributed by atoms with Gasteiger partial charge in [-0.1, -0.05) is 6.42 Å². The first-order valence-corrected chi connectivity index (χ1v) is 9.46. The summed E-state index contributed by atoms with van der Waals surface area (Å²) in [6.45, 7) is 1.16. The number of hydrogen-bond acceptors (Lipinski definition) is 7. The molecule has 3 rings (SSSR count). The predicted octanol–water partition coefficient (Wildman–Crippen LogP) is 1.52. The number of methoxy groups -OCH3 is 1. The molecule has 0 spiro atoms. The van der Waals surface area contributed by atoms with E-state index in [0.717, 1.165) is 12.5 Å². The monoisotopic (exact) mass is 372 g/mol. The van der Waals surface area contributed by atoms with E-state index in [-0.39, 0.29) is 16.3 Å². The number of nitrogens with zero attached hydrogens (tertiary/aromatic N) is 2. The van der Waals surface area contributed by atoms with Gasteiger partial charge in [0, 0.05) is 18.7 Å². The molecule has 0 bridgehead atoms. The van der Waals surface area contributed by atoms with Gasteiger partial charge in [0.05, 0.1) is 31.3 Å². The summed E-state index contributed by atoms with van der Waals surface area (Å²) in [5, 5.41) is 11.0. The molecule has 10 heteroatoms. The number of nitro benzene ring substituents is 1. The minimum Gasteiger partial charge on any atom is -0.495 e. The SMILES string of the molecule is COc1ccc([N+](=O)[O-])cc1S(=O)(=O)N1CCCC[C@@H]1C1OCCO1. The summed E-state index contributed by atoms with van der Waals surface area (Å²) in [5.74, 6) is 0.0724. The molecule has 1 aromatic carbocycles. The summed E-state index contributed by atoms with van der Waals surface area (Å²) in [6, 6.07) is 3.10. The van der Waals surface area contributed by atoms with Gasteiger partial charge < -0.3 is 14.2 Å². The number of piperidine rings is 1. The Bertz CT molecular complexity index is 746. The molecule has 0 amide bonds. The van der Waals surface area contributed by atoms with Crippen molar-refractivity contribution in [3.63, 3.8) is 0 Å². The molecule has 138 valence electrons.